The average molecular weight is 433 g/mol. The van der Waals surface area contributed by atoms with E-state index in [1.54, 1.807) is 0 Å². The Balaban J connectivity index is -0.000000771. The standard InChI is InChI=1S/C19H40N2O.2C2H4O2/c1-3-4-5-6-7-8-9-10-11-12-13-14-15-16-19(22)21-17-18(2)20;2*1-2(3)4/h18H,3-17,20H2,1-2H3,(H,21,22);2*1H3,(H,3,4). The summed E-state index contributed by atoms with van der Waals surface area (Å²) in [5.41, 5.74) is 5.60. The lowest BCUT2D eigenvalue weighted by molar-refractivity contribution is -0.135. The smallest absolute Gasteiger partial charge is 0.300 e. The quantitative estimate of drug-likeness (QED) is 0.251. The Kier molecular flexibility index (Phi) is 30.1. The van der Waals surface area contributed by atoms with Gasteiger partial charge in [-0.2, -0.15) is 0 Å². The van der Waals surface area contributed by atoms with Crippen LogP contribution in [0.15, 0.2) is 0 Å². The van der Waals surface area contributed by atoms with Crippen LogP contribution in [0.1, 0.15) is 118 Å². The van der Waals surface area contributed by atoms with Crippen molar-refractivity contribution in [3.05, 3.63) is 0 Å². The third-order valence-electron chi connectivity index (χ3n) is 4.13. The van der Waals surface area contributed by atoms with Crippen molar-refractivity contribution in [1.82, 2.24) is 5.32 Å². The van der Waals surface area contributed by atoms with Crippen molar-refractivity contribution in [2.24, 2.45) is 5.73 Å². The van der Waals surface area contributed by atoms with Gasteiger partial charge in [0, 0.05) is 32.9 Å². The molecule has 0 saturated carbocycles. The van der Waals surface area contributed by atoms with Gasteiger partial charge in [0.05, 0.1) is 0 Å². The molecular formula is C23H48N2O5. The lowest BCUT2D eigenvalue weighted by Crippen LogP contribution is -2.34. The number of amides is 1. The molecule has 0 heterocycles. The van der Waals surface area contributed by atoms with Gasteiger partial charge in [-0.3, -0.25) is 14.4 Å². The van der Waals surface area contributed by atoms with Crippen molar-refractivity contribution < 1.29 is 24.6 Å². The third-order valence-corrected chi connectivity index (χ3v) is 4.13. The maximum Gasteiger partial charge on any atom is 0.300 e. The number of carboxylic acids is 2. The predicted octanol–water partition coefficient (Wildman–Crippen LogP) is 5.11. The van der Waals surface area contributed by atoms with Crippen LogP contribution in [0, 0.1) is 0 Å². The molecule has 0 aromatic heterocycles. The Hall–Kier alpha value is -1.63. The summed E-state index contributed by atoms with van der Waals surface area (Å²) in [7, 11) is 0. The summed E-state index contributed by atoms with van der Waals surface area (Å²) in [6, 6.07) is 0.0515. The second-order valence-corrected chi connectivity index (χ2v) is 7.81. The fraction of sp³-hybridized carbons (Fsp3) is 0.870. The van der Waals surface area contributed by atoms with Gasteiger partial charge in [0.25, 0.3) is 11.9 Å². The maximum absolute atomic E-state index is 11.5. The molecule has 1 atom stereocenters. The Morgan fingerprint density at radius 3 is 1.33 bits per heavy atom. The summed E-state index contributed by atoms with van der Waals surface area (Å²) in [6.45, 7) is 6.94. The van der Waals surface area contributed by atoms with Gasteiger partial charge in [-0.25, -0.2) is 0 Å². The van der Waals surface area contributed by atoms with E-state index in [0.717, 1.165) is 20.3 Å². The molecule has 0 fully saturated rings. The van der Waals surface area contributed by atoms with E-state index in [2.05, 4.69) is 12.2 Å². The van der Waals surface area contributed by atoms with Crippen molar-refractivity contribution >= 4 is 17.8 Å². The summed E-state index contributed by atoms with van der Waals surface area (Å²) in [5, 5.41) is 17.7. The minimum absolute atomic E-state index is 0.0515. The van der Waals surface area contributed by atoms with E-state index in [4.69, 9.17) is 25.5 Å². The van der Waals surface area contributed by atoms with Crippen molar-refractivity contribution in [3.63, 3.8) is 0 Å². The first-order chi connectivity index (χ1) is 14.1. The first-order valence-corrected chi connectivity index (χ1v) is 11.5. The molecule has 180 valence electrons. The Morgan fingerprint density at radius 2 is 1.03 bits per heavy atom. The largest absolute Gasteiger partial charge is 0.481 e. The summed E-state index contributed by atoms with van der Waals surface area (Å²) in [6.07, 6.45) is 18.1. The van der Waals surface area contributed by atoms with E-state index in [1.807, 2.05) is 6.92 Å². The van der Waals surface area contributed by atoms with Crippen molar-refractivity contribution in [1.29, 1.82) is 0 Å². The molecule has 1 amide bonds. The van der Waals surface area contributed by atoms with Gasteiger partial charge in [-0.05, 0) is 13.3 Å². The number of carbonyl (C=O) groups is 3. The van der Waals surface area contributed by atoms with Crippen LogP contribution < -0.4 is 11.1 Å². The number of unbranched alkanes of at least 4 members (excludes halogenated alkanes) is 12. The number of carboxylic acid groups (broad SMARTS) is 2. The maximum atomic E-state index is 11.5. The van der Waals surface area contributed by atoms with Crippen LogP contribution in [0.25, 0.3) is 0 Å². The van der Waals surface area contributed by atoms with Gasteiger partial charge in [0.2, 0.25) is 5.91 Å². The highest BCUT2D eigenvalue weighted by Crippen LogP contribution is 2.12. The molecule has 30 heavy (non-hydrogen) atoms. The first kappa shape index (κ1) is 33.0. The molecule has 0 aromatic carbocycles. The summed E-state index contributed by atoms with van der Waals surface area (Å²) >= 11 is 0. The second-order valence-electron chi connectivity index (χ2n) is 7.81. The molecule has 5 N–H and O–H groups in total. The molecule has 7 heteroatoms. The number of hydrogen-bond donors (Lipinski definition) is 4. The van der Waals surface area contributed by atoms with Gasteiger partial charge in [0.1, 0.15) is 0 Å². The molecule has 0 aromatic rings. The van der Waals surface area contributed by atoms with Gasteiger partial charge in [-0.15, -0.1) is 0 Å². The number of rotatable bonds is 16. The van der Waals surface area contributed by atoms with Crippen LogP contribution in [-0.4, -0.2) is 40.6 Å². The zero-order valence-corrected chi connectivity index (χ0v) is 19.9. The van der Waals surface area contributed by atoms with Crippen LogP contribution in [0.3, 0.4) is 0 Å². The molecule has 0 aliphatic carbocycles. The fourth-order valence-corrected chi connectivity index (χ4v) is 2.67. The van der Waals surface area contributed by atoms with E-state index in [9.17, 15) is 4.79 Å². The highest BCUT2D eigenvalue weighted by atomic mass is 16.4. The van der Waals surface area contributed by atoms with E-state index >= 15 is 0 Å². The molecule has 0 aliphatic heterocycles. The molecular weight excluding hydrogens is 384 g/mol. The molecule has 7 nitrogen and oxygen atoms in total. The van der Waals surface area contributed by atoms with Crippen LogP contribution in [-0.2, 0) is 14.4 Å². The predicted molar refractivity (Wildman–Crippen MR) is 124 cm³/mol. The van der Waals surface area contributed by atoms with Crippen molar-refractivity contribution in [3.8, 4) is 0 Å². The fourth-order valence-electron chi connectivity index (χ4n) is 2.67. The van der Waals surface area contributed by atoms with Gasteiger partial charge >= 0.3 is 0 Å². The summed E-state index contributed by atoms with van der Waals surface area (Å²) in [4.78, 5) is 29.5. The highest BCUT2D eigenvalue weighted by molar-refractivity contribution is 5.75. The molecule has 0 rings (SSSR count). The molecule has 0 saturated heterocycles. The van der Waals surface area contributed by atoms with Crippen LogP contribution in [0.2, 0.25) is 0 Å². The normalized spacial score (nSPS) is 10.7. The van der Waals surface area contributed by atoms with Gasteiger partial charge in [0.15, 0.2) is 0 Å². The minimum atomic E-state index is -0.833. The number of carbonyl (C=O) groups excluding carboxylic acids is 1. The lowest BCUT2D eigenvalue weighted by Gasteiger charge is -2.07. The lowest BCUT2D eigenvalue weighted by atomic mass is 10.0. The first-order valence-electron chi connectivity index (χ1n) is 11.5. The van der Waals surface area contributed by atoms with Crippen LogP contribution in [0.4, 0.5) is 0 Å². The third kappa shape index (κ3) is 50.3. The minimum Gasteiger partial charge on any atom is -0.481 e. The Bertz CT molecular complexity index is 381. The van der Waals surface area contributed by atoms with Crippen molar-refractivity contribution in [2.45, 2.75) is 124 Å². The van der Waals surface area contributed by atoms with E-state index in [1.165, 1.54) is 77.0 Å². The highest BCUT2D eigenvalue weighted by Gasteiger charge is 2.01. The molecule has 1 unspecified atom stereocenters. The SMILES string of the molecule is CC(=O)O.CC(=O)O.CCCCCCCCCCCCCCCC(=O)NCC(C)N. The number of hydrogen-bond acceptors (Lipinski definition) is 4. The molecule has 0 radical (unpaired) electrons. The van der Waals surface area contributed by atoms with Crippen LogP contribution in [0.5, 0.6) is 0 Å². The van der Waals surface area contributed by atoms with Gasteiger partial charge in [-0.1, -0.05) is 84.0 Å². The number of aliphatic carboxylic acids is 2. The number of nitrogens with two attached hydrogens (primary N) is 1. The van der Waals surface area contributed by atoms with Crippen LogP contribution >= 0.6 is 0 Å². The molecule has 0 bridgehead atoms. The summed E-state index contributed by atoms with van der Waals surface area (Å²) < 4.78 is 0. The Morgan fingerprint density at radius 1 is 0.733 bits per heavy atom. The summed E-state index contributed by atoms with van der Waals surface area (Å²) in [5.74, 6) is -1.51. The van der Waals surface area contributed by atoms with E-state index < -0.39 is 11.9 Å². The van der Waals surface area contributed by atoms with Gasteiger partial charge < -0.3 is 21.3 Å². The topological polar surface area (TPSA) is 130 Å². The Labute approximate surface area is 184 Å². The second kappa shape index (κ2) is 27.4. The average Bonchev–Trinajstić information content (AvgIpc) is 2.63. The van der Waals surface area contributed by atoms with E-state index in [0.29, 0.717) is 13.0 Å². The zero-order valence-electron chi connectivity index (χ0n) is 19.9. The van der Waals surface area contributed by atoms with Crippen molar-refractivity contribution in [2.75, 3.05) is 6.54 Å². The number of nitrogens with one attached hydrogen (secondary N) is 1. The monoisotopic (exact) mass is 432 g/mol. The van der Waals surface area contributed by atoms with E-state index in [-0.39, 0.29) is 11.9 Å². The molecule has 0 spiro atoms. The molecule has 0 aliphatic rings. The zero-order chi connectivity index (χ0) is 23.6.